The molecule has 1 aliphatic rings. The molecule has 0 atom stereocenters. The maximum absolute atomic E-state index is 12.4. The van der Waals surface area contributed by atoms with E-state index in [0.29, 0.717) is 23.8 Å². The smallest absolute Gasteiger partial charge is 0.233 e. The zero-order valence-electron chi connectivity index (χ0n) is 14.7. The first kappa shape index (κ1) is 18.3. The zero-order valence-corrected chi connectivity index (χ0v) is 15.5. The molecule has 0 aromatic heterocycles. The number of carbonyl (C=O) groups is 2. The van der Waals surface area contributed by atoms with E-state index in [1.807, 2.05) is 6.07 Å². The summed E-state index contributed by atoms with van der Waals surface area (Å²) in [5.41, 5.74) is 3.04. The van der Waals surface area contributed by atoms with Gasteiger partial charge in [0.05, 0.1) is 0 Å². The number of hydrogen-bond donors (Lipinski definition) is 1. The minimum absolute atomic E-state index is 0.139. The van der Waals surface area contributed by atoms with Crippen LogP contribution in [0.1, 0.15) is 12.0 Å². The summed E-state index contributed by atoms with van der Waals surface area (Å²) in [6.07, 6.45) is -0.146. The minimum atomic E-state index is -0.307. The van der Waals surface area contributed by atoms with Crippen molar-refractivity contribution in [1.82, 2.24) is 4.90 Å². The van der Waals surface area contributed by atoms with Gasteiger partial charge in [0, 0.05) is 42.6 Å². The van der Waals surface area contributed by atoms with Crippen LogP contribution < -0.4 is 10.2 Å². The highest BCUT2D eigenvalue weighted by atomic mass is 35.5. The lowest BCUT2D eigenvalue weighted by Crippen LogP contribution is -2.49. The van der Waals surface area contributed by atoms with Crippen molar-refractivity contribution < 1.29 is 9.59 Å². The molecule has 2 aromatic rings. The van der Waals surface area contributed by atoms with Crippen LogP contribution >= 0.6 is 11.6 Å². The Morgan fingerprint density at radius 1 is 1.04 bits per heavy atom. The van der Waals surface area contributed by atoms with Gasteiger partial charge in [-0.3, -0.25) is 9.59 Å². The Bertz CT molecular complexity index is 784. The van der Waals surface area contributed by atoms with Gasteiger partial charge in [0.25, 0.3) is 0 Å². The van der Waals surface area contributed by atoms with E-state index >= 15 is 0 Å². The van der Waals surface area contributed by atoms with Gasteiger partial charge in [0.15, 0.2) is 0 Å². The van der Waals surface area contributed by atoms with E-state index in [2.05, 4.69) is 35.3 Å². The number of amides is 2. The predicted molar refractivity (Wildman–Crippen MR) is 105 cm³/mol. The molecule has 3 rings (SSSR count). The molecule has 2 amide bonds. The molecular weight excluding hydrogens is 350 g/mol. The summed E-state index contributed by atoms with van der Waals surface area (Å²) in [5.74, 6) is -0.446. The van der Waals surface area contributed by atoms with Crippen LogP contribution in [0, 0.1) is 6.92 Å². The molecule has 6 heteroatoms. The number of rotatable bonds is 4. The lowest BCUT2D eigenvalue weighted by atomic mass is 10.2. The quantitative estimate of drug-likeness (QED) is 0.839. The minimum Gasteiger partial charge on any atom is -0.368 e. The Kier molecular flexibility index (Phi) is 5.78. The fourth-order valence-corrected chi connectivity index (χ4v) is 3.15. The third kappa shape index (κ3) is 4.76. The zero-order chi connectivity index (χ0) is 18.5. The molecule has 26 heavy (non-hydrogen) atoms. The average molecular weight is 372 g/mol. The summed E-state index contributed by atoms with van der Waals surface area (Å²) in [6, 6.07) is 15.2. The van der Waals surface area contributed by atoms with Crippen molar-refractivity contribution >= 4 is 34.8 Å². The number of nitrogens with one attached hydrogen (secondary N) is 1. The molecule has 1 heterocycles. The standard InChI is InChI=1S/C20H22ClN3O2/c1-15-3-2-4-18(13-15)23-9-11-24(12-10-23)20(26)14-19(25)22-17-7-5-16(21)6-8-17/h2-8,13H,9-12,14H2,1H3,(H,22,25). The van der Waals surface area contributed by atoms with Gasteiger partial charge in [0.2, 0.25) is 11.8 Å². The van der Waals surface area contributed by atoms with Crippen LogP contribution in [-0.4, -0.2) is 42.9 Å². The molecule has 0 saturated carbocycles. The molecular formula is C20H22ClN3O2. The molecule has 1 N–H and O–H groups in total. The number of aryl methyl sites for hydroxylation is 1. The molecule has 5 nitrogen and oxygen atoms in total. The number of benzene rings is 2. The van der Waals surface area contributed by atoms with E-state index < -0.39 is 0 Å². The van der Waals surface area contributed by atoms with Crippen LogP contribution in [0.5, 0.6) is 0 Å². The van der Waals surface area contributed by atoms with Gasteiger partial charge >= 0.3 is 0 Å². The Labute approximate surface area is 158 Å². The lowest BCUT2D eigenvalue weighted by Gasteiger charge is -2.36. The van der Waals surface area contributed by atoms with Crippen LogP contribution in [0.3, 0.4) is 0 Å². The normalized spacial score (nSPS) is 14.2. The SMILES string of the molecule is Cc1cccc(N2CCN(C(=O)CC(=O)Nc3ccc(Cl)cc3)CC2)c1. The third-order valence-corrected chi connectivity index (χ3v) is 4.69. The second kappa shape index (κ2) is 8.23. The number of hydrogen-bond acceptors (Lipinski definition) is 3. The maximum Gasteiger partial charge on any atom is 0.233 e. The van der Waals surface area contributed by atoms with Gasteiger partial charge in [-0.1, -0.05) is 23.7 Å². The van der Waals surface area contributed by atoms with E-state index in [0.717, 1.165) is 13.1 Å². The first-order valence-corrected chi connectivity index (χ1v) is 9.04. The number of halogens is 1. The van der Waals surface area contributed by atoms with Crippen molar-refractivity contribution in [2.75, 3.05) is 36.4 Å². The molecule has 1 saturated heterocycles. The Hall–Kier alpha value is -2.53. The first-order chi connectivity index (χ1) is 12.5. The van der Waals surface area contributed by atoms with Crippen LogP contribution in [0.25, 0.3) is 0 Å². The van der Waals surface area contributed by atoms with E-state index in [-0.39, 0.29) is 18.2 Å². The molecule has 1 fully saturated rings. The highest BCUT2D eigenvalue weighted by molar-refractivity contribution is 6.30. The molecule has 0 radical (unpaired) electrons. The fourth-order valence-electron chi connectivity index (χ4n) is 3.03. The Morgan fingerprint density at radius 2 is 1.73 bits per heavy atom. The van der Waals surface area contributed by atoms with Gasteiger partial charge in [-0.2, -0.15) is 0 Å². The summed E-state index contributed by atoms with van der Waals surface area (Å²) in [5, 5.41) is 3.33. The number of nitrogens with zero attached hydrogens (tertiary/aromatic N) is 2. The van der Waals surface area contributed by atoms with Crippen molar-refractivity contribution in [2.24, 2.45) is 0 Å². The Balaban J connectivity index is 1.48. The fraction of sp³-hybridized carbons (Fsp3) is 0.300. The summed E-state index contributed by atoms with van der Waals surface area (Å²) >= 11 is 5.82. The van der Waals surface area contributed by atoms with E-state index in [1.54, 1.807) is 29.2 Å². The third-order valence-electron chi connectivity index (χ3n) is 4.44. The number of carbonyl (C=O) groups excluding carboxylic acids is 2. The second-order valence-electron chi connectivity index (χ2n) is 6.44. The molecule has 1 aliphatic heterocycles. The molecule has 0 bridgehead atoms. The largest absolute Gasteiger partial charge is 0.368 e. The van der Waals surface area contributed by atoms with Crippen molar-refractivity contribution in [1.29, 1.82) is 0 Å². The topological polar surface area (TPSA) is 52.7 Å². The second-order valence-corrected chi connectivity index (χ2v) is 6.88. The monoisotopic (exact) mass is 371 g/mol. The lowest BCUT2D eigenvalue weighted by molar-refractivity contribution is -0.134. The molecule has 0 spiro atoms. The molecule has 136 valence electrons. The van der Waals surface area contributed by atoms with Crippen molar-refractivity contribution in [3.63, 3.8) is 0 Å². The Morgan fingerprint density at radius 3 is 2.38 bits per heavy atom. The molecule has 2 aromatic carbocycles. The van der Waals surface area contributed by atoms with Crippen LogP contribution in [0.2, 0.25) is 5.02 Å². The van der Waals surface area contributed by atoms with Gasteiger partial charge in [-0.15, -0.1) is 0 Å². The maximum atomic E-state index is 12.4. The van der Waals surface area contributed by atoms with Crippen LogP contribution in [0.4, 0.5) is 11.4 Å². The molecule has 0 aliphatic carbocycles. The summed E-state index contributed by atoms with van der Waals surface area (Å²) in [7, 11) is 0. The number of piperazine rings is 1. The van der Waals surface area contributed by atoms with Gasteiger partial charge in [-0.25, -0.2) is 0 Å². The van der Waals surface area contributed by atoms with Crippen molar-refractivity contribution in [2.45, 2.75) is 13.3 Å². The van der Waals surface area contributed by atoms with Crippen LogP contribution in [-0.2, 0) is 9.59 Å². The predicted octanol–water partition coefficient (Wildman–Crippen LogP) is 3.33. The summed E-state index contributed by atoms with van der Waals surface area (Å²) in [6.45, 7) is 4.87. The first-order valence-electron chi connectivity index (χ1n) is 8.66. The van der Waals surface area contributed by atoms with E-state index in [4.69, 9.17) is 11.6 Å². The summed E-state index contributed by atoms with van der Waals surface area (Å²) < 4.78 is 0. The van der Waals surface area contributed by atoms with Crippen LogP contribution in [0.15, 0.2) is 48.5 Å². The molecule has 0 unspecified atom stereocenters. The van der Waals surface area contributed by atoms with E-state index in [9.17, 15) is 9.59 Å². The van der Waals surface area contributed by atoms with Gasteiger partial charge in [0.1, 0.15) is 6.42 Å². The average Bonchev–Trinajstić information content (AvgIpc) is 2.64. The van der Waals surface area contributed by atoms with Gasteiger partial charge in [-0.05, 0) is 48.9 Å². The highest BCUT2D eigenvalue weighted by Crippen LogP contribution is 2.18. The van der Waals surface area contributed by atoms with Gasteiger partial charge < -0.3 is 15.1 Å². The number of anilines is 2. The highest BCUT2D eigenvalue weighted by Gasteiger charge is 2.23. The van der Waals surface area contributed by atoms with E-state index in [1.165, 1.54) is 11.3 Å². The summed E-state index contributed by atoms with van der Waals surface area (Å²) in [4.78, 5) is 28.5. The van der Waals surface area contributed by atoms with Crippen molar-refractivity contribution in [3.8, 4) is 0 Å². The van der Waals surface area contributed by atoms with Crippen molar-refractivity contribution in [3.05, 3.63) is 59.1 Å².